The summed E-state index contributed by atoms with van der Waals surface area (Å²) in [6.45, 7) is 6.54. The highest BCUT2D eigenvalue weighted by Gasteiger charge is 2.24. The van der Waals surface area contributed by atoms with E-state index in [-0.39, 0.29) is 17.4 Å². The molecule has 0 radical (unpaired) electrons. The molecule has 0 aliphatic heterocycles. The van der Waals surface area contributed by atoms with Gasteiger partial charge in [-0.3, -0.25) is 9.59 Å². The molecule has 0 bridgehead atoms. The Kier molecular flexibility index (Phi) is 5.09. The van der Waals surface area contributed by atoms with E-state index >= 15 is 0 Å². The van der Waals surface area contributed by atoms with Crippen LogP contribution in [0.25, 0.3) is 0 Å². The summed E-state index contributed by atoms with van der Waals surface area (Å²) in [7, 11) is 0. The predicted octanol–water partition coefficient (Wildman–Crippen LogP) is 0.429. The highest BCUT2D eigenvalue weighted by molar-refractivity contribution is 5.80. The highest BCUT2D eigenvalue weighted by atomic mass is 16.2. The second-order valence-electron chi connectivity index (χ2n) is 4.72. The second kappa shape index (κ2) is 6.35. The molecule has 1 aromatic heterocycles. The summed E-state index contributed by atoms with van der Waals surface area (Å²) >= 11 is 0. The molecule has 0 aliphatic carbocycles. The zero-order chi connectivity index (χ0) is 13.7. The lowest BCUT2D eigenvalue weighted by atomic mass is 10.0. The Balaban J connectivity index is 3.08. The monoisotopic (exact) mass is 251 g/mol. The van der Waals surface area contributed by atoms with Crippen LogP contribution in [0.3, 0.4) is 0 Å². The maximum Gasteiger partial charge on any atom is 0.251 e. The largest absolute Gasteiger partial charge is 0.353 e. The van der Waals surface area contributed by atoms with Gasteiger partial charge in [-0.05, 0) is 18.4 Å². The molecule has 0 fully saturated rings. The van der Waals surface area contributed by atoms with Gasteiger partial charge in [-0.2, -0.15) is 0 Å². The third-order valence-corrected chi connectivity index (χ3v) is 2.73. The number of carbonyl (C=O) groups is 1. The number of carbonyl (C=O) groups excluding carboxylic acids is 1. The smallest absolute Gasteiger partial charge is 0.251 e. The van der Waals surface area contributed by atoms with Crippen molar-refractivity contribution >= 4 is 5.91 Å². The van der Waals surface area contributed by atoms with Crippen molar-refractivity contribution < 1.29 is 4.79 Å². The third-order valence-electron chi connectivity index (χ3n) is 2.73. The minimum atomic E-state index is -0.496. The van der Waals surface area contributed by atoms with Crippen molar-refractivity contribution in [3.8, 4) is 0 Å². The Bertz CT molecular complexity index is 466. The lowest BCUT2D eigenvalue weighted by Crippen LogP contribution is -2.41. The van der Waals surface area contributed by atoms with Gasteiger partial charge in [-0.1, -0.05) is 19.9 Å². The molecule has 0 aliphatic rings. The van der Waals surface area contributed by atoms with Gasteiger partial charge in [-0.25, -0.2) is 0 Å². The van der Waals surface area contributed by atoms with E-state index in [4.69, 9.17) is 5.73 Å². The molecule has 1 amide bonds. The van der Waals surface area contributed by atoms with Gasteiger partial charge in [0.05, 0.1) is 0 Å². The SMILES string of the molecule is Cc1ccc(=O)n(C(C(=O)NCCN)C(C)C)c1. The molecular weight excluding hydrogens is 230 g/mol. The van der Waals surface area contributed by atoms with E-state index in [9.17, 15) is 9.59 Å². The van der Waals surface area contributed by atoms with Crippen LogP contribution < -0.4 is 16.6 Å². The van der Waals surface area contributed by atoms with Crippen molar-refractivity contribution in [1.29, 1.82) is 0 Å². The van der Waals surface area contributed by atoms with Crippen molar-refractivity contribution in [1.82, 2.24) is 9.88 Å². The van der Waals surface area contributed by atoms with Crippen molar-refractivity contribution in [3.63, 3.8) is 0 Å². The average Bonchev–Trinajstić information content (AvgIpc) is 2.30. The van der Waals surface area contributed by atoms with Crippen LogP contribution in [0, 0.1) is 12.8 Å². The third kappa shape index (κ3) is 3.43. The summed E-state index contributed by atoms with van der Waals surface area (Å²) in [6.07, 6.45) is 1.72. The summed E-state index contributed by atoms with van der Waals surface area (Å²) in [5.41, 5.74) is 6.15. The molecule has 1 rings (SSSR count). The zero-order valence-electron chi connectivity index (χ0n) is 11.1. The van der Waals surface area contributed by atoms with Gasteiger partial charge in [-0.15, -0.1) is 0 Å². The van der Waals surface area contributed by atoms with Gasteiger partial charge in [0.1, 0.15) is 6.04 Å². The van der Waals surface area contributed by atoms with Gasteiger partial charge in [0.25, 0.3) is 5.56 Å². The lowest BCUT2D eigenvalue weighted by Gasteiger charge is -2.23. The number of nitrogens with one attached hydrogen (secondary N) is 1. The Morgan fingerprint density at radius 2 is 2.11 bits per heavy atom. The van der Waals surface area contributed by atoms with Gasteiger partial charge < -0.3 is 15.6 Å². The maximum absolute atomic E-state index is 12.1. The first-order valence-corrected chi connectivity index (χ1v) is 6.14. The van der Waals surface area contributed by atoms with E-state index in [2.05, 4.69) is 5.32 Å². The molecule has 18 heavy (non-hydrogen) atoms. The highest BCUT2D eigenvalue weighted by Crippen LogP contribution is 2.16. The minimum Gasteiger partial charge on any atom is -0.353 e. The Labute approximate surface area is 107 Å². The summed E-state index contributed by atoms with van der Waals surface area (Å²) in [6, 6.07) is 2.73. The van der Waals surface area contributed by atoms with E-state index in [1.807, 2.05) is 20.8 Å². The van der Waals surface area contributed by atoms with Crippen molar-refractivity contribution in [3.05, 3.63) is 34.2 Å². The van der Waals surface area contributed by atoms with E-state index in [1.165, 1.54) is 10.6 Å². The zero-order valence-corrected chi connectivity index (χ0v) is 11.1. The summed E-state index contributed by atoms with van der Waals surface area (Å²) in [5, 5.41) is 2.74. The van der Waals surface area contributed by atoms with Crippen LogP contribution in [0.5, 0.6) is 0 Å². The van der Waals surface area contributed by atoms with E-state index < -0.39 is 6.04 Å². The molecule has 1 aromatic rings. The quantitative estimate of drug-likeness (QED) is 0.796. The fourth-order valence-corrected chi connectivity index (χ4v) is 1.88. The van der Waals surface area contributed by atoms with Gasteiger partial charge >= 0.3 is 0 Å². The lowest BCUT2D eigenvalue weighted by molar-refractivity contribution is -0.125. The van der Waals surface area contributed by atoms with Crippen LogP contribution in [-0.4, -0.2) is 23.6 Å². The summed E-state index contributed by atoms with van der Waals surface area (Å²) in [4.78, 5) is 23.9. The number of nitrogens with two attached hydrogens (primary N) is 1. The first-order chi connectivity index (χ1) is 8.47. The standard InChI is InChI=1S/C13H21N3O2/c1-9(2)12(13(18)15-7-6-14)16-8-10(3)4-5-11(16)17/h4-5,8-9,12H,6-7,14H2,1-3H3,(H,15,18). The Morgan fingerprint density at radius 3 is 2.67 bits per heavy atom. The fraction of sp³-hybridized carbons (Fsp3) is 0.538. The van der Waals surface area contributed by atoms with Crippen LogP contribution in [0.4, 0.5) is 0 Å². The van der Waals surface area contributed by atoms with E-state index in [1.54, 1.807) is 12.3 Å². The second-order valence-corrected chi connectivity index (χ2v) is 4.72. The number of pyridine rings is 1. The molecule has 1 atom stereocenters. The van der Waals surface area contributed by atoms with E-state index in [0.717, 1.165) is 5.56 Å². The average molecular weight is 251 g/mol. The molecule has 5 nitrogen and oxygen atoms in total. The number of rotatable bonds is 5. The van der Waals surface area contributed by atoms with Crippen molar-refractivity contribution in [2.24, 2.45) is 11.7 Å². The Morgan fingerprint density at radius 1 is 1.44 bits per heavy atom. The first-order valence-electron chi connectivity index (χ1n) is 6.14. The van der Waals surface area contributed by atoms with Crippen molar-refractivity contribution in [2.75, 3.05) is 13.1 Å². The van der Waals surface area contributed by atoms with Crippen LogP contribution in [0.15, 0.2) is 23.1 Å². The minimum absolute atomic E-state index is 0.0299. The number of hydrogen-bond acceptors (Lipinski definition) is 3. The maximum atomic E-state index is 12.1. The molecule has 0 saturated carbocycles. The number of hydrogen-bond donors (Lipinski definition) is 2. The van der Waals surface area contributed by atoms with Crippen LogP contribution >= 0.6 is 0 Å². The normalized spacial score (nSPS) is 12.5. The molecule has 1 heterocycles. The number of nitrogens with zero attached hydrogens (tertiary/aromatic N) is 1. The van der Waals surface area contributed by atoms with E-state index in [0.29, 0.717) is 13.1 Å². The number of aryl methyl sites for hydroxylation is 1. The van der Waals surface area contributed by atoms with Crippen LogP contribution in [-0.2, 0) is 4.79 Å². The molecule has 0 aromatic carbocycles. The number of amides is 1. The van der Waals surface area contributed by atoms with Crippen molar-refractivity contribution in [2.45, 2.75) is 26.8 Å². The molecule has 100 valence electrons. The summed E-state index contributed by atoms with van der Waals surface area (Å²) in [5.74, 6) is -0.134. The van der Waals surface area contributed by atoms with Gasteiger partial charge in [0, 0.05) is 25.4 Å². The predicted molar refractivity (Wildman–Crippen MR) is 71.4 cm³/mol. The molecular formula is C13H21N3O2. The number of aromatic nitrogens is 1. The Hall–Kier alpha value is -1.62. The molecule has 0 saturated heterocycles. The molecule has 0 spiro atoms. The fourth-order valence-electron chi connectivity index (χ4n) is 1.88. The van der Waals surface area contributed by atoms with Crippen LogP contribution in [0.2, 0.25) is 0 Å². The van der Waals surface area contributed by atoms with Crippen LogP contribution in [0.1, 0.15) is 25.5 Å². The topological polar surface area (TPSA) is 77.1 Å². The van der Waals surface area contributed by atoms with Gasteiger partial charge in [0.15, 0.2) is 0 Å². The first kappa shape index (κ1) is 14.4. The van der Waals surface area contributed by atoms with Gasteiger partial charge in [0.2, 0.25) is 5.91 Å². The molecule has 3 N–H and O–H groups in total. The molecule has 5 heteroatoms. The molecule has 1 unspecified atom stereocenters. The summed E-state index contributed by atoms with van der Waals surface area (Å²) < 4.78 is 1.49.